The van der Waals surface area contributed by atoms with Crippen molar-refractivity contribution in [2.45, 2.75) is 12.5 Å². The molecule has 1 unspecified atom stereocenters. The van der Waals surface area contributed by atoms with E-state index in [1.54, 1.807) is 20.4 Å². The molecule has 2 N–H and O–H groups in total. The predicted octanol–water partition coefficient (Wildman–Crippen LogP) is 1.93. The maximum Gasteiger partial charge on any atom is 0.127 e. The van der Waals surface area contributed by atoms with Crippen molar-refractivity contribution in [1.29, 1.82) is 0 Å². The molecule has 0 spiro atoms. The highest BCUT2D eigenvalue weighted by atomic mass is 16.5. The SMILES string of the molecule is CNC(Cc1ncc[nH]1)c1c(OC)cccc1OC. The van der Waals surface area contributed by atoms with Crippen molar-refractivity contribution in [2.24, 2.45) is 0 Å². The first-order valence-corrected chi connectivity index (χ1v) is 6.16. The van der Waals surface area contributed by atoms with Crippen LogP contribution in [0.25, 0.3) is 0 Å². The van der Waals surface area contributed by atoms with E-state index in [1.165, 1.54) is 0 Å². The first-order chi connectivity index (χ1) is 9.30. The number of ether oxygens (including phenoxy) is 2. The minimum Gasteiger partial charge on any atom is -0.496 e. The minimum absolute atomic E-state index is 0.0669. The summed E-state index contributed by atoms with van der Waals surface area (Å²) in [5, 5.41) is 3.29. The molecule has 0 bridgehead atoms. The maximum atomic E-state index is 5.44. The van der Waals surface area contributed by atoms with Crippen molar-refractivity contribution in [2.75, 3.05) is 21.3 Å². The van der Waals surface area contributed by atoms with Crippen LogP contribution in [0.5, 0.6) is 11.5 Å². The predicted molar refractivity (Wildman–Crippen MR) is 73.6 cm³/mol. The number of hydrogen-bond donors (Lipinski definition) is 2. The second-order valence-electron chi connectivity index (χ2n) is 4.16. The summed E-state index contributed by atoms with van der Waals surface area (Å²) in [6.45, 7) is 0. The van der Waals surface area contributed by atoms with Gasteiger partial charge in [0.1, 0.15) is 17.3 Å². The normalized spacial score (nSPS) is 12.2. The Bertz CT molecular complexity index is 489. The molecule has 0 aliphatic carbocycles. The lowest BCUT2D eigenvalue weighted by Crippen LogP contribution is -2.21. The van der Waals surface area contributed by atoms with Gasteiger partial charge in [0, 0.05) is 24.9 Å². The molecule has 0 radical (unpaired) electrons. The monoisotopic (exact) mass is 261 g/mol. The molecule has 1 aromatic heterocycles. The van der Waals surface area contributed by atoms with E-state index in [1.807, 2.05) is 31.4 Å². The highest BCUT2D eigenvalue weighted by molar-refractivity contribution is 5.47. The van der Waals surface area contributed by atoms with Gasteiger partial charge in [0.2, 0.25) is 0 Å². The highest BCUT2D eigenvalue weighted by Gasteiger charge is 2.20. The third-order valence-corrected chi connectivity index (χ3v) is 3.12. The third kappa shape index (κ3) is 2.88. The first kappa shape index (κ1) is 13.4. The highest BCUT2D eigenvalue weighted by Crippen LogP contribution is 2.35. The Morgan fingerprint density at radius 3 is 2.42 bits per heavy atom. The first-order valence-electron chi connectivity index (χ1n) is 6.16. The number of benzene rings is 1. The molecule has 5 nitrogen and oxygen atoms in total. The fourth-order valence-electron chi connectivity index (χ4n) is 2.17. The number of H-pyrrole nitrogens is 1. The standard InChI is InChI=1S/C14H19N3O2/c1-15-10(9-13-16-7-8-17-13)14-11(18-2)5-4-6-12(14)19-3/h4-8,10,15H,9H2,1-3H3,(H,16,17). The molecule has 1 aromatic carbocycles. The third-order valence-electron chi connectivity index (χ3n) is 3.12. The van der Waals surface area contributed by atoms with E-state index in [0.717, 1.165) is 29.3 Å². The molecule has 0 amide bonds. The van der Waals surface area contributed by atoms with Crippen LogP contribution in [0.3, 0.4) is 0 Å². The second-order valence-corrected chi connectivity index (χ2v) is 4.16. The molecule has 102 valence electrons. The maximum absolute atomic E-state index is 5.44. The number of nitrogens with zero attached hydrogens (tertiary/aromatic N) is 1. The largest absolute Gasteiger partial charge is 0.496 e. The summed E-state index contributed by atoms with van der Waals surface area (Å²) < 4.78 is 10.9. The zero-order chi connectivity index (χ0) is 13.7. The van der Waals surface area contributed by atoms with Gasteiger partial charge in [0.25, 0.3) is 0 Å². The van der Waals surface area contributed by atoms with Gasteiger partial charge in [-0.1, -0.05) is 6.07 Å². The average molecular weight is 261 g/mol. The van der Waals surface area contributed by atoms with E-state index in [-0.39, 0.29) is 6.04 Å². The number of imidazole rings is 1. The van der Waals surface area contributed by atoms with Crippen LogP contribution in [0.2, 0.25) is 0 Å². The van der Waals surface area contributed by atoms with Crippen LogP contribution in [-0.2, 0) is 6.42 Å². The number of likely N-dealkylation sites (N-methyl/N-ethyl adjacent to an activating group) is 1. The summed E-state index contributed by atoms with van der Waals surface area (Å²) in [5.74, 6) is 2.54. The van der Waals surface area contributed by atoms with Crippen LogP contribution < -0.4 is 14.8 Å². The Morgan fingerprint density at radius 1 is 1.26 bits per heavy atom. The number of nitrogens with one attached hydrogen (secondary N) is 2. The van der Waals surface area contributed by atoms with Gasteiger partial charge in [-0.05, 0) is 19.2 Å². The Hall–Kier alpha value is -2.01. The second kappa shape index (κ2) is 6.24. The fraction of sp³-hybridized carbons (Fsp3) is 0.357. The Labute approximate surface area is 113 Å². The molecule has 19 heavy (non-hydrogen) atoms. The van der Waals surface area contributed by atoms with E-state index in [4.69, 9.17) is 9.47 Å². The van der Waals surface area contributed by atoms with Crippen molar-refractivity contribution < 1.29 is 9.47 Å². The molecule has 0 aliphatic heterocycles. The number of hydrogen-bond acceptors (Lipinski definition) is 4. The molecule has 0 saturated carbocycles. The van der Waals surface area contributed by atoms with Crippen molar-refractivity contribution in [3.63, 3.8) is 0 Å². The van der Waals surface area contributed by atoms with Gasteiger partial charge in [-0.2, -0.15) is 0 Å². The van der Waals surface area contributed by atoms with E-state index in [0.29, 0.717) is 0 Å². The molecule has 2 rings (SSSR count). The minimum atomic E-state index is 0.0669. The van der Waals surface area contributed by atoms with Crippen LogP contribution in [0.1, 0.15) is 17.4 Å². The van der Waals surface area contributed by atoms with E-state index in [9.17, 15) is 0 Å². The van der Waals surface area contributed by atoms with Gasteiger partial charge in [-0.15, -0.1) is 0 Å². The lowest BCUT2D eigenvalue weighted by molar-refractivity contribution is 0.372. The van der Waals surface area contributed by atoms with Gasteiger partial charge in [-0.3, -0.25) is 0 Å². The molecule has 2 aromatic rings. The topological polar surface area (TPSA) is 59.2 Å². The summed E-state index contributed by atoms with van der Waals surface area (Å²) in [6, 6.07) is 5.85. The van der Waals surface area contributed by atoms with Crippen LogP contribution >= 0.6 is 0 Å². The zero-order valence-electron chi connectivity index (χ0n) is 11.4. The number of rotatable bonds is 6. The summed E-state index contributed by atoms with van der Waals surface area (Å²) >= 11 is 0. The molecular weight excluding hydrogens is 242 g/mol. The summed E-state index contributed by atoms with van der Waals surface area (Å²) in [6.07, 6.45) is 4.31. The quantitative estimate of drug-likeness (QED) is 0.834. The molecular formula is C14H19N3O2. The van der Waals surface area contributed by atoms with E-state index >= 15 is 0 Å². The fourth-order valence-corrected chi connectivity index (χ4v) is 2.17. The van der Waals surface area contributed by atoms with Crippen LogP contribution in [-0.4, -0.2) is 31.2 Å². The van der Waals surface area contributed by atoms with Crippen molar-refractivity contribution in [1.82, 2.24) is 15.3 Å². The lowest BCUT2D eigenvalue weighted by atomic mass is 10.0. The van der Waals surface area contributed by atoms with Gasteiger partial charge in [0.15, 0.2) is 0 Å². The van der Waals surface area contributed by atoms with Gasteiger partial charge in [-0.25, -0.2) is 4.98 Å². The Kier molecular flexibility index (Phi) is 4.41. The molecule has 0 aliphatic rings. The molecule has 0 fully saturated rings. The summed E-state index contributed by atoms with van der Waals surface area (Å²) in [5.41, 5.74) is 1.01. The van der Waals surface area contributed by atoms with E-state index in [2.05, 4.69) is 15.3 Å². The molecule has 0 saturated heterocycles. The Balaban J connectivity index is 2.36. The summed E-state index contributed by atoms with van der Waals surface area (Å²) in [7, 11) is 5.25. The number of aromatic amines is 1. The molecule has 5 heteroatoms. The van der Waals surface area contributed by atoms with Crippen molar-refractivity contribution in [3.8, 4) is 11.5 Å². The molecule has 1 atom stereocenters. The number of methoxy groups -OCH3 is 2. The van der Waals surface area contributed by atoms with Crippen LogP contribution in [0.15, 0.2) is 30.6 Å². The van der Waals surface area contributed by atoms with Crippen molar-refractivity contribution >= 4 is 0 Å². The lowest BCUT2D eigenvalue weighted by Gasteiger charge is -2.21. The van der Waals surface area contributed by atoms with E-state index < -0.39 is 0 Å². The van der Waals surface area contributed by atoms with Gasteiger partial charge < -0.3 is 19.8 Å². The summed E-state index contributed by atoms with van der Waals surface area (Å²) in [4.78, 5) is 7.38. The van der Waals surface area contributed by atoms with Crippen LogP contribution in [0.4, 0.5) is 0 Å². The molecule has 1 heterocycles. The smallest absolute Gasteiger partial charge is 0.127 e. The van der Waals surface area contributed by atoms with Gasteiger partial charge >= 0.3 is 0 Å². The van der Waals surface area contributed by atoms with Gasteiger partial charge in [0.05, 0.1) is 19.8 Å². The Morgan fingerprint density at radius 2 is 1.95 bits per heavy atom. The van der Waals surface area contributed by atoms with Crippen molar-refractivity contribution in [3.05, 3.63) is 42.0 Å². The zero-order valence-corrected chi connectivity index (χ0v) is 11.4. The number of aromatic nitrogens is 2. The van der Waals surface area contributed by atoms with Crippen LogP contribution in [0, 0.1) is 0 Å². The average Bonchev–Trinajstić information content (AvgIpc) is 2.97.